The fraction of sp³-hybridized carbons (Fsp3) is 0.600. The first kappa shape index (κ1) is 11.6. The van der Waals surface area contributed by atoms with Gasteiger partial charge in [-0.3, -0.25) is 4.79 Å². The first-order valence-electron chi connectivity index (χ1n) is 4.79. The first-order valence-corrected chi connectivity index (χ1v) is 4.79. The second-order valence-electron chi connectivity index (χ2n) is 3.44. The summed E-state index contributed by atoms with van der Waals surface area (Å²) in [6, 6.07) is 0. The smallest absolute Gasteiger partial charge is 0.410 e. The summed E-state index contributed by atoms with van der Waals surface area (Å²) in [7, 11) is 0. The third-order valence-electron chi connectivity index (χ3n) is 2.06. The summed E-state index contributed by atoms with van der Waals surface area (Å²) in [4.78, 5) is 23.3. The highest BCUT2D eigenvalue weighted by Gasteiger charge is 2.32. The quantitative estimate of drug-likeness (QED) is 0.512. The molecule has 0 spiro atoms. The van der Waals surface area contributed by atoms with Crippen molar-refractivity contribution in [3.05, 3.63) is 12.7 Å². The van der Waals surface area contributed by atoms with Crippen LogP contribution in [0, 0.1) is 5.92 Å². The predicted molar refractivity (Wildman–Crippen MR) is 53.2 cm³/mol. The average molecular weight is 213 g/mol. The number of hydrogen-bond acceptors (Lipinski definition) is 4. The van der Waals surface area contributed by atoms with Gasteiger partial charge in [0.15, 0.2) is 0 Å². The molecule has 1 rings (SSSR count). The Hall–Kier alpha value is -1.52. The molecule has 0 radical (unpaired) electrons. The maximum atomic E-state index is 11.2. The van der Waals surface area contributed by atoms with E-state index in [0.717, 1.165) is 0 Å². The largest absolute Gasteiger partial charge is 0.465 e. The lowest BCUT2D eigenvalue weighted by Gasteiger charge is -2.37. The summed E-state index contributed by atoms with van der Waals surface area (Å²) < 4.78 is 9.65. The van der Waals surface area contributed by atoms with Crippen molar-refractivity contribution in [1.29, 1.82) is 0 Å². The van der Waals surface area contributed by atoms with Gasteiger partial charge >= 0.3 is 12.1 Å². The van der Waals surface area contributed by atoms with Gasteiger partial charge in [0.1, 0.15) is 6.61 Å². The Labute approximate surface area is 88.6 Å². The van der Waals surface area contributed by atoms with Crippen LogP contribution in [0.1, 0.15) is 6.92 Å². The molecule has 5 heteroatoms. The second kappa shape index (κ2) is 5.38. The average Bonchev–Trinajstić information content (AvgIpc) is 2.11. The third-order valence-corrected chi connectivity index (χ3v) is 2.06. The standard InChI is InChI=1S/C10H15NO4/c1-3-4-14-10(13)11-5-9(6-11)7-15-8(2)12/h3,9H,1,4-7H2,2H3. The molecule has 1 fully saturated rings. The Kier molecular flexibility index (Phi) is 4.15. The lowest BCUT2D eigenvalue weighted by molar-refractivity contribution is -0.143. The van der Waals surface area contributed by atoms with Crippen molar-refractivity contribution in [3.63, 3.8) is 0 Å². The molecular formula is C10H15NO4. The summed E-state index contributed by atoms with van der Waals surface area (Å²) in [5.74, 6) is -0.0483. The lowest BCUT2D eigenvalue weighted by Crippen LogP contribution is -2.51. The molecule has 0 atom stereocenters. The zero-order chi connectivity index (χ0) is 11.3. The van der Waals surface area contributed by atoms with Crippen LogP contribution in [0.3, 0.4) is 0 Å². The van der Waals surface area contributed by atoms with Crippen LogP contribution < -0.4 is 0 Å². The van der Waals surface area contributed by atoms with Crippen molar-refractivity contribution in [2.24, 2.45) is 5.92 Å². The molecule has 1 aliphatic heterocycles. The number of nitrogens with zero attached hydrogens (tertiary/aromatic N) is 1. The van der Waals surface area contributed by atoms with Gasteiger partial charge in [-0.05, 0) is 0 Å². The normalized spacial score (nSPS) is 15.4. The van der Waals surface area contributed by atoms with Gasteiger partial charge in [-0.15, -0.1) is 0 Å². The molecule has 0 aromatic rings. The lowest BCUT2D eigenvalue weighted by atomic mass is 10.0. The fourth-order valence-electron chi connectivity index (χ4n) is 1.28. The van der Waals surface area contributed by atoms with Crippen LogP contribution >= 0.6 is 0 Å². The van der Waals surface area contributed by atoms with Gasteiger partial charge in [0.25, 0.3) is 0 Å². The van der Waals surface area contributed by atoms with Gasteiger partial charge in [-0.1, -0.05) is 12.7 Å². The van der Waals surface area contributed by atoms with E-state index in [1.807, 2.05) is 0 Å². The number of esters is 1. The maximum Gasteiger partial charge on any atom is 0.410 e. The van der Waals surface area contributed by atoms with Crippen LogP contribution in [0.15, 0.2) is 12.7 Å². The molecule has 0 aromatic heterocycles. The third kappa shape index (κ3) is 3.61. The van der Waals surface area contributed by atoms with Crippen LogP contribution in [-0.2, 0) is 14.3 Å². The second-order valence-corrected chi connectivity index (χ2v) is 3.44. The van der Waals surface area contributed by atoms with Crippen LogP contribution in [0.2, 0.25) is 0 Å². The van der Waals surface area contributed by atoms with Crippen LogP contribution in [-0.4, -0.2) is 43.3 Å². The van der Waals surface area contributed by atoms with Gasteiger partial charge in [0.05, 0.1) is 6.61 Å². The summed E-state index contributed by atoms with van der Waals surface area (Å²) in [5, 5.41) is 0. The van der Waals surface area contributed by atoms with Gasteiger partial charge < -0.3 is 14.4 Å². The van der Waals surface area contributed by atoms with Crippen LogP contribution in [0.4, 0.5) is 4.79 Å². The number of amides is 1. The molecule has 15 heavy (non-hydrogen) atoms. The van der Waals surface area contributed by atoms with Gasteiger partial charge in [0, 0.05) is 25.9 Å². The number of hydrogen-bond donors (Lipinski definition) is 0. The van der Waals surface area contributed by atoms with Gasteiger partial charge in [-0.2, -0.15) is 0 Å². The zero-order valence-electron chi connectivity index (χ0n) is 8.77. The van der Waals surface area contributed by atoms with Crippen molar-refractivity contribution < 1.29 is 19.1 Å². The van der Waals surface area contributed by atoms with Crippen molar-refractivity contribution in [3.8, 4) is 0 Å². The molecule has 84 valence electrons. The molecule has 5 nitrogen and oxygen atoms in total. The van der Waals surface area contributed by atoms with E-state index in [4.69, 9.17) is 9.47 Å². The van der Waals surface area contributed by atoms with Crippen molar-refractivity contribution in [1.82, 2.24) is 4.90 Å². The van der Waals surface area contributed by atoms with E-state index in [1.165, 1.54) is 13.0 Å². The van der Waals surface area contributed by atoms with E-state index < -0.39 is 0 Å². The molecule has 0 unspecified atom stereocenters. The topological polar surface area (TPSA) is 55.8 Å². The molecule has 1 amide bonds. The monoisotopic (exact) mass is 213 g/mol. The minimum Gasteiger partial charge on any atom is -0.465 e. The minimum atomic E-state index is -0.339. The number of ether oxygens (including phenoxy) is 2. The molecule has 0 N–H and O–H groups in total. The maximum absolute atomic E-state index is 11.2. The number of likely N-dealkylation sites (tertiary alicyclic amines) is 1. The van der Waals surface area contributed by atoms with Crippen LogP contribution in [0.25, 0.3) is 0 Å². The number of carbonyl (C=O) groups is 2. The molecule has 0 bridgehead atoms. The highest BCUT2D eigenvalue weighted by atomic mass is 16.6. The molecule has 0 aliphatic carbocycles. The highest BCUT2D eigenvalue weighted by molar-refractivity contribution is 5.69. The van der Waals surface area contributed by atoms with E-state index in [-0.39, 0.29) is 24.6 Å². The molecule has 1 aliphatic rings. The summed E-state index contributed by atoms with van der Waals surface area (Å²) in [5.41, 5.74) is 0. The van der Waals surface area contributed by atoms with E-state index in [2.05, 4.69) is 6.58 Å². The van der Waals surface area contributed by atoms with E-state index in [9.17, 15) is 9.59 Å². The van der Waals surface area contributed by atoms with E-state index in [1.54, 1.807) is 4.90 Å². The van der Waals surface area contributed by atoms with Gasteiger partial charge in [0.2, 0.25) is 0 Å². The molecule has 1 heterocycles. The minimum absolute atomic E-state index is 0.226. The molecule has 0 saturated carbocycles. The van der Waals surface area contributed by atoms with Crippen LogP contribution in [0.5, 0.6) is 0 Å². The Morgan fingerprint density at radius 1 is 1.47 bits per heavy atom. The summed E-state index contributed by atoms with van der Waals surface area (Å²) >= 11 is 0. The first-order chi connectivity index (χ1) is 7.13. The molecule has 1 saturated heterocycles. The SMILES string of the molecule is C=CCOC(=O)N1CC(COC(C)=O)C1. The van der Waals surface area contributed by atoms with E-state index >= 15 is 0 Å². The Morgan fingerprint density at radius 3 is 2.67 bits per heavy atom. The fourth-order valence-corrected chi connectivity index (χ4v) is 1.28. The summed E-state index contributed by atoms with van der Waals surface area (Å²) in [6.07, 6.45) is 1.18. The zero-order valence-corrected chi connectivity index (χ0v) is 8.77. The molecular weight excluding hydrogens is 198 g/mol. The van der Waals surface area contributed by atoms with Crippen molar-refractivity contribution in [2.45, 2.75) is 6.92 Å². The summed E-state index contributed by atoms with van der Waals surface area (Å²) in [6.45, 7) is 6.59. The Bertz CT molecular complexity index is 258. The van der Waals surface area contributed by atoms with Gasteiger partial charge in [-0.25, -0.2) is 4.79 Å². The Morgan fingerprint density at radius 2 is 2.13 bits per heavy atom. The van der Waals surface area contributed by atoms with Crippen molar-refractivity contribution in [2.75, 3.05) is 26.3 Å². The van der Waals surface area contributed by atoms with E-state index in [0.29, 0.717) is 19.7 Å². The number of rotatable bonds is 4. The molecule has 0 aromatic carbocycles. The number of carbonyl (C=O) groups excluding carboxylic acids is 2. The Balaban J connectivity index is 2.11. The predicted octanol–water partition coefficient (Wildman–Crippen LogP) is 0.804. The van der Waals surface area contributed by atoms with Crippen molar-refractivity contribution >= 4 is 12.1 Å². The highest BCUT2D eigenvalue weighted by Crippen LogP contribution is 2.16.